The fraction of sp³-hybridized carbons (Fsp3) is 0.500. The second-order valence-corrected chi connectivity index (χ2v) is 7.88. The Morgan fingerprint density at radius 3 is 2.83 bits per heavy atom. The quantitative estimate of drug-likeness (QED) is 0.771. The predicted molar refractivity (Wildman–Crippen MR) is 109 cm³/mol. The fourth-order valence-electron chi connectivity index (χ4n) is 4.14. The molecular formula is C22H28N4O3. The highest BCUT2D eigenvalue weighted by molar-refractivity contribution is 5.79. The monoisotopic (exact) mass is 396 g/mol. The molecule has 2 aliphatic heterocycles. The van der Waals surface area contributed by atoms with Gasteiger partial charge in [0.05, 0.1) is 20.6 Å². The van der Waals surface area contributed by atoms with Crippen LogP contribution in [0, 0.1) is 0 Å². The Morgan fingerprint density at radius 1 is 1.21 bits per heavy atom. The Balaban J connectivity index is 1.40. The van der Waals surface area contributed by atoms with Crippen molar-refractivity contribution in [2.45, 2.75) is 31.7 Å². The van der Waals surface area contributed by atoms with Gasteiger partial charge in [-0.25, -0.2) is 9.97 Å². The van der Waals surface area contributed by atoms with Crippen molar-refractivity contribution in [3.8, 4) is 11.5 Å². The molecule has 3 heterocycles. The first-order chi connectivity index (χ1) is 14.1. The van der Waals surface area contributed by atoms with Crippen LogP contribution in [0.25, 0.3) is 0 Å². The molecule has 0 radical (unpaired) electrons. The molecule has 1 fully saturated rings. The molecule has 154 valence electrons. The van der Waals surface area contributed by atoms with Crippen LogP contribution >= 0.6 is 0 Å². The number of carbonyl (C=O) groups is 1. The number of benzene rings is 1. The van der Waals surface area contributed by atoms with E-state index in [0.29, 0.717) is 24.5 Å². The van der Waals surface area contributed by atoms with Crippen molar-refractivity contribution in [2.75, 3.05) is 40.9 Å². The van der Waals surface area contributed by atoms with Gasteiger partial charge in [-0.2, -0.15) is 0 Å². The standard InChI is InChI=1S/C22H28N4O3/c1-25-8-7-18-17(13-25)12-23-22(24-18)16-6-9-26(14-16)21(27)11-15-4-5-19(28-2)20(10-15)29-3/h4-5,10,12,16H,6-9,11,13-14H2,1-3H3/t16-/m0/s1. The van der Waals surface area contributed by atoms with Gasteiger partial charge in [0.25, 0.3) is 0 Å². The van der Waals surface area contributed by atoms with Crippen LogP contribution in [-0.2, 0) is 24.2 Å². The molecule has 0 N–H and O–H groups in total. The smallest absolute Gasteiger partial charge is 0.227 e. The van der Waals surface area contributed by atoms with E-state index < -0.39 is 0 Å². The highest BCUT2D eigenvalue weighted by Gasteiger charge is 2.30. The molecule has 0 bridgehead atoms. The third-order valence-electron chi connectivity index (χ3n) is 5.85. The predicted octanol–water partition coefficient (Wildman–Crippen LogP) is 2.04. The van der Waals surface area contributed by atoms with Crippen molar-refractivity contribution >= 4 is 5.91 Å². The SMILES string of the molecule is COc1ccc(CC(=O)N2CC[C@H](c3ncc4c(n3)CCN(C)C4)C2)cc1OC. The number of ether oxygens (including phenoxy) is 2. The zero-order valence-corrected chi connectivity index (χ0v) is 17.4. The Morgan fingerprint density at radius 2 is 2.03 bits per heavy atom. The molecular weight excluding hydrogens is 368 g/mol. The number of hydrogen-bond acceptors (Lipinski definition) is 6. The van der Waals surface area contributed by atoms with E-state index in [4.69, 9.17) is 14.5 Å². The number of likely N-dealkylation sites (N-methyl/N-ethyl adjacent to an activating group) is 1. The molecule has 7 nitrogen and oxygen atoms in total. The van der Waals surface area contributed by atoms with Crippen LogP contribution in [0.4, 0.5) is 0 Å². The molecule has 1 amide bonds. The normalized spacial score (nSPS) is 19.1. The maximum absolute atomic E-state index is 12.8. The van der Waals surface area contributed by atoms with Crippen molar-refractivity contribution in [1.82, 2.24) is 19.8 Å². The number of rotatable bonds is 5. The van der Waals surface area contributed by atoms with Gasteiger partial charge in [-0.05, 0) is 31.2 Å². The minimum atomic E-state index is 0.124. The van der Waals surface area contributed by atoms with Crippen molar-refractivity contribution in [1.29, 1.82) is 0 Å². The third-order valence-corrected chi connectivity index (χ3v) is 5.85. The number of nitrogens with zero attached hydrogens (tertiary/aromatic N) is 4. The van der Waals surface area contributed by atoms with E-state index in [1.165, 1.54) is 11.3 Å². The fourth-order valence-corrected chi connectivity index (χ4v) is 4.14. The molecule has 29 heavy (non-hydrogen) atoms. The van der Waals surface area contributed by atoms with Gasteiger partial charge in [-0.15, -0.1) is 0 Å². The van der Waals surface area contributed by atoms with Gasteiger partial charge >= 0.3 is 0 Å². The number of fused-ring (bicyclic) bond motifs is 1. The molecule has 0 saturated carbocycles. The minimum Gasteiger partial charge on any atom is -0.493 e. The van der Waals surface area contributed by atoms with E-state index in [1.54, 1.807) is 14.2 Å². The number of amides is 1. The third kappa shape index (κ3) is 4.19. The van der Waals surface area contributed by atoms with Gasteiger partial charge in [-0.1, -0.05) is 6.07 Å². The average molecular weight is 396 g/mol. The van der Waals surface area contributed by atoms with Crippen LogP contribution in [-0.4, -0.2) is 66.6 Å². The van der Waals surface area contributed by atoms with Crippen LogP contribution in [0.3, 0.4) is 0 Å². The summed E-state index contributed by atoms with van der Waals surface area (Å²) in [6, 6.07) is 5.62. The summed E-state index contributed by atoms with van der Waals surface area (Å²) < 4.78 is 10.6. The van der Waals surface area contributed by atoms with Crippen LogP contribution in [0.2, 0.25) is 0 Å². The molecule has 0 spiro atoms. The lowest BCUT2D eigenvalue weighted by molar-refractivity contribution is -0.129. The molecule has 2 aliphatic rings. The molecule has 1 aromatic carbocycles. The number of hydrogen-bond donors (Lipinski definition) is 0. The zero-order chi connectivity index (χ0) is 20.4. The highest BCUT2D eigenvalue weighted by Crippen LogP contribution is 2.29. The Labute approximate surface area is 171 Å². The number of likely N-dealkylation sites (tertiary alicyclic amines) is 1. The molecule has 1 atom stereocenters. The summed E-state index contributed by atoms with van der Waals surface area (Å²) in [6.45, 7) is 3.38. The van der Waals surface area contributed by atoms with Crippen LogP contribution in [0.15, 0.2) is 24.4 Å². The summed E-state index contributed by atoms with van der Waals surface area (Å²) in [5.74, 6) is 2.54. The van der Waals surface area contributed by atoms with E-state index >= 15 is 0 Å². The number of carbonyl (C=O) groups excluding carboxylic acids is 1. The highest BCUT2D eigenvalue weighted by atomic mass is 16.5. The summed E-state index contributed by atoms with van der Waals surface area (Å²) in [7, 11) is 5.33. The largest absolute Gasteiger partial charge is 0.493 e. The topological polar surface area (TPSA) is 67.8 Å². The van der Waals surface area contributed by atoms with Crippen molar-refractivity contribution in [3.05, 3.63) is 47.0 Å². The minimum absolute atomic E-state index is 0.124. The van der Waals surface area contributed by atoms with Crippen molar-refractivity contribution < 1.29 is 14.3 Å². The average Bonchev–Trinajstić information content (AvgIpc) is 3.23. The van der Waals surface area contributed by atoms with E-state index in [-0.39, 0.29) is 11.8 Å². The molecule has 7 heteroatoms. The lowest BCUT2D eigenvalue weighted by Gasteiger charge is -2.24. The number of methoxy groups -OCH3 is 2. The molecule has 0 aliphatic carbocycles. The van der Waals surface area contributed by atoms with Crippen LogP contribution in [0.1, 0.15) is 35.0 Å². The summed E-state index contributed by atoms with van der Waals surface area (Å²) in [6.07, 6.45) is 4.21. The van der Waals surface area contributed by atoms with Gasteiger partial charge < -0.3 is 19.3 Å². The van der Waals surface area contributed by atoms with Crippen LogP contribution < -0.4 is 9.47 Å². The summed E-state index contributed by atoms with van der Waals surface area (Å²) in [5.41, 5.74) is 3.32. The van der Waals surface area contributed by atoms with E-state index in [2.05, 4.69) is 16.9 Å². The van der Waals surface area contributed by atoms with Crippen LogP contribution in [0.5, 0.6) is 11.5 Å². The second-order valence-electron chi connectivity index (χ2n) is 7.88. The van der Waals surface area contributed by atoms with Gasteiger partial charge in [-0.3, -0.25) is 4.79 Å². The molecule has 4 rings (SSSR count). The first-order valence-corrected chi connectivity index (χ1v) is 10.1. The molecule has 2 aromatic rings. The lowest BCUT2D eigenvalue weighted by atomic mass is 10.1. The van der Waals surface area contributed by atoms with E-state index in [9.17, 15) is 4.79 Å². The van der Waals surface area contributed by atoms with Gasteiger partial charge in [0.2, 0.25) is 5.91 Å². The molecule has 1 saturated heterocycles. The molecule has 0 unspecified atom stereocenters. The first-order valence-electron chi connectivity index (χ1n) is 10.1. The number of aromatic nitrogens is 2. The van der Waals surface area contributed by atoms with Gasteiger partial charge in [0.1, 0.15) is 5.82 Å². The Hall–Kier alpha value is -2.67. The van der Waals surface area contributed by atoms with Crippen molar-refractivity contribution in [2.24, 2.45) is 0 Å². The summed E-state index contributed by atoms with van der Waals surface area (Å²) in [4.78, 5) is 26.5. The second kappa shape index (κ2) is 8.37. The van der Waals surface area contributed by atoms with Gasteiger partial charge in [0, 0.05) is 56.0 Å². The van der Waals surface area contributed by atoms with Crippen molar-refractivity contribution in [3.63, 3.8) is 0 Å². The summed E-state index contributed by atoms with van der Waals surface area (Å²) >= 11 is 0. The molecule has 1 aromatic heterocycles. The first kappa shape index (κ1) is 19.6. The van der Waals surface area contributed by atoms with E-state index in [1.807, 2.05) is 29.3 Å². The Kier molecular flexibility index (Phi) is 5.67. The maximum atomic E-state index is 12.8. The maximum Gasteiger partial charge on any atom is 0.227 e. The van der Waals surface area contributed by atoms with Gasteiger partial charge in [0.15, 0.2) is 11.5 Å². The zero-order valence-electron chi connectivity index (χ0n) is 17.4. The lowest BCUT2D eigenvalue weighted by Crippen LogP contribution is -2.30. The summed E-state index contributed by atoms with van der Waals surface area (Å²) in [5, 5.41) is 0. The van der Waals surface area contributed by atoms with E-state index in [0.717, 1.165) is 43.9 Å². The Bertz CT molecular complexity index is 902.